The smallest absolute Gasteiger partial charge is 0.462 e. The van der Waals surface area contributed by atoms with Crippen LogP contribution in [0.3, 0.4) is 0 Å². The van der Waals surface area contributed by atoms with Gasteiger partial charge in [-0.15, -0.1) is 0 Å². The van der Waals surface area contributed by atoms with Gasteiger partial charge in [0.15, 0.2) is 6.10 Å². The molecule has 9 nitrogen and oxygen atoms in total. The highest BCUT2D eigenvalue weighted by molar-refractivity contribution is 7.47. The van der Waals surface area contributed by atoms with E-state index in [1.807, 2.05) is 6.92 Å². The summed E-state index contributed by atoms with van der Waals surface area (Å²) in [6.07, 6.45) is 22.5. The van der Waals surface area contributed by atoms with Crippen LogP contribution in [0.2, 0.25) is 0 Å². The SMILES string of the molecule is CCCCCCCCCCCCCCCCCCCC(=O)OC(COC(=O)CCCC)COP(=O)(O)OCCN. The van der Waals surface area contributed by atoms with E-state index in [1.165, 1.54) is 89.9 Å². The maximum absolute atomic E-state index is 12.3. The average molecular weight is 594 g/mol. The number of phosphoric ester groups is 1. The van der Waals surface area contributed by atoms with E-state index in [0.29, 0.717) is 12.8 Å². The fourth-order valence-corrected chi connectivity index (χ4v) is 5.08. The molecule has 2 atom stereocenters. The monoisotopic (exact) mass is 593 g/mol. The van der Waals surface area contributed by atoms with Crippen molar-refractivity contribution in [1.29, 1.82) is 0 Å². The van der Waals surface area contributed by atoms with E-state index < -0.39 is 32.5 Å². The lowest BCUT2D eigenvalue weighted by Crippen LogP contribution is -2.29. The van der Waals surface area contributed by atoms with Crippen LogP contribution in [0.5, 0.6) is 0 Å². The van der Waals surface area contributed by atoms with Crippen LogP contribution in [0.4, 0.5) is 0 Å². The van der Waals surface area contributed by atoms with Crippen LogP contribution in [0.25, 0.3) is 0 Å². The average Bonchev–Trinajstić information content (AvgIpc) is 2.93. The number of rotatable bonds is 30. The molecule has 0 aromatic rings. The van der Waals surface area contributed by atoms with Crippen LogP contribution in [0.15, 0.2) is 0 Å². The van der Waals surface area contributed by atoms with Crippen molar-refractivity contribution in [2.24, 2.45) is 5.73 Å². The van der Waals surface area contributed by atoms with Gasteiger partial charge in [-0.3, -0.25) is 18.6 Å². The van der Waals surface area contributed by atoms with Gasteiger partial charge in [-0.05, 0) is 12.8 Å². The number of unbranched alkanes of at least 4 members (excludes halogenated alkanes) is 17. The van der Waals surface area contributed by atoms with E-state index >= 15 is 0 Å². The van der Waals surface area contributed by atoms with Crippen molar-refractivity contribution in [2.75, 3.05) is 26.4 Å². The molecular weight excluding hydrogens is 533 g/mol. The lowest BCUT2D eigenvalue weighted by Gasteiger charge is -2.19. The second-order valence-electron chi connectivity index (χ2n) is 10.7. The molecule has 0 fully saturated rings. The van der Waals surface area contributed by atoms with Crippen molar-refractivity contribution in [1.82, 2.24) is 0 Å². The Morgan fingerprint density at radius 1 is 0.650 bits per heavy atom. The molecule has 0 saturated heterocycles. The van der Waals surface area contributed by atoms with Gasteiger partial charge >= 0.3 is 19.8 Å². The third-order valence-corrected chi connectivity index (χ3v) is 7.73. The number of esters is 2. The van der Waals surface area contributed by atoms with Gasteiger partial charge in [0.25, 0.3) is 0 Å². The van der Waals surface area contributed by atoms with Crippen LogP contribution >= 0.6 is 7.82 Å². The number of carbonyl (C=O) groups excluding carboxylic acids is 2. The van der Waals surface area contributed by atoms with Gasteiger partial charge < -0.3 is 20.1 Å². The first-order valence-corrected chi connectivity index (χ1v) is 17.5. The maximum Gasteiger partial charge on any atom is 0.472 e. The van der Waals surface area contributed by atoms with Gasteiger partial charge in [0.1, 0.15) is 6.61 Å². The molecule has 238 valence electrons. The molecule has 0 aromatic heterocycles. The number of phosphoric acid groups is 1. The molecule has 40 heavy (non-hydrogen) atoms. The molecule has 0 aliphatic rings. The molecule has 3 N–H and O–H groups in total. The number of ether oxygens (including phenoxy) is 2. The zero-order chi connectivity index (χ0) is 29.7. The highest BCUT2D eigenvalue weighted by Crippen LogP contribution is 2.43. The molecule has 0 bridgehead atoms. The molecule has 0 aromatic carbocycles. The second kappa shape index (κ2) is 28.1. The Balaban J connectivity index is 3.97. The topological polar surface area (TPSA) is 134 Å². The molecule has 0 heterocycles. The molecule has 0 radical (unpaired) electrons. The third-order valence-electron chi connectivity index (χ3n) is 6.74. The predicted molar refractivity (Wildman–Crippen MR) is 160 cm³/mol. The molecule has 2 unspecified atom stereocenters. The van der Waals surface area contributed by atoms with Gasteiger partial charge in [0.05, 0.1) is 13.2 Å². The summed E-state index contributed by atoms with van der Waals surface area (Å²) >= 11 is 0. The minimum atomic E-state index is -4.34. The molecule has 0 saturated carbocycles. The van der Waals surface area contributed by atoms with Crippen molar-refractivity contribution in [3.63, 3.8) is 0 Å². The van der Waals surface area contributed by atoms with Crippen LogP contribution in [0, 0.1) is 0 Å². The second-order valence-corrected chi connectivity index (χ2v) is 12.1. The summed E-state index contributed by atoms with van der Waals surface area (Å²) < 4.78 is 32.0. The molecule has 0 rings (SSSR count). The molecule has 0 spiro atoms. The van der Waals surface area contributed by atoms with Gasteiger partial charge in [0, 0.05) is 19.4 Å². The number of nitrogens with two attached hydrogens (primary N) is 1. The van der Waals surface area contributed by atoms with Crippen molar-refractivity contribution in [3.8, 4) is 0 Å². The largest absolute Gasteiger partial charge is 0.472 e. The molecule has 0 aliphatic carbocycles. The summed E-state index contributed by atoms with van der Waals surface area (Å²) in [5, 5.41) is 0. The summed E-state index contributed by atoms with van der Waals surface area (Å²) in [4.78, 5) is 33.9. The highest BCUT2D eigenvalue weighted by atomic mass is 31.2. The summed E-state index contributed by atoms with van der Waals surface area (Å²) in [5.41, 5.74) is 5.27. The van der Waals surface area contributed by atoms with E-state index in [1.54, 1.807) is 0 Å². The zero-order valence-corrected chi connectivity index (χ0v) is 26.5. The van der Waals surface area contributed by atoms with Crippen molar-refractivity contribution < 1.29 is 37.6 Å². The van der Waals surface area contributed by atoms with E-state index in [-0.39, 0.29) is 32.6 Å². The zero-order valence-electron chi connectivity index (χ0n) is 25.6. The van der Waals surface area contributed by atoms with Gasteiger partial charge in [-0.1, -0.05) is 123 Å². The van der Waals surface area contributed by atoms with Gasteiger partial charge in [-0.25, -0.2) is 4.57 Å². The first kappa shape index (κ1) is 39.0. The Morgan fingerprint density at radius 2 is 1.10 bits per heavy atom. The Bertz CT molecular complexity index is 649. The summed E-state index contributed by atoms with van der Waals surface area (Å²) in [5.74, 6) is -0.863. The summed E-state index contributed by atoms with van der Waals surface area (Å²) in [6.45, 7) is 3.46. The minimum absolute atomic E-state index is 0.0563. The Hall–Kier alpha value is -0.990. The first-order chi connectivity index (χ1) is 19.3. The third kappa shape index (κ3) is 27.2. The molecule has 0 amide bonds. The Morgan fingerprint density at radius 3 is 1.57 bits per heavy atom. The van der Waals surface area contributed by atoms with Crippen molar-refractivity contribution >= 4 is 19.8 Å². The molecular formula is C30H60NO8P. The maximum atomic E-state index is 12.3. The normalized spacial score (nSPS) is 13.6. The van der Waals surface area contributed by atoms with Gasteiger partial charge in [0.2, 0.25) is 0 Å². The summed E-state index contributed by atoms with van der Waals surface area (Å²) in [6, 6.07) is 0. The lowest BCUT2D eigenvalue weighted by atomic mass is 10.0. The lowest BCUT2D eigenvalue weighted by molar-refractivity contribution is -0.161. The van der Waals surface area contributed by atoms with Crippen LogP contribution in [-0.2, 0) is 32.7 Å². The number of carbonyl (C=O) groups is 2. The van der Waals surface area contributed by atoms with Gasteiger partial charge in [-0.2, -0.15) is 0 Å². The quantitative estimate of drug-likeness (QED) is 0.0486. The molecule has 0 aliphatic heterocycles. The Labute approximate surface area is 244 Å². The van der Waals surface area contributed by atoms with E-state index in [9.17, 15) is 19.0 Å². The Kier molecular flexibility index (Phi) is 27.4. The van der Waals surface area contributed by atoms with E-state index in [4.69, 9.17) is 24.3 Å². The van der Waals surface area contributed by atoms with Crippen LogP contribution < -0.4 is 5.73 Å². The fraction of sp³-hybridized carbons (Fsp3) is 0.933. The van der Waals surface area contributed by atoms with E-state index in [2.05, 4.69) is 6.92 Å². The fourth-order valence-electron chi connectivity index (χ4n) is 4.32. The van der Waals surface area contributed by atoms with E-state index in [0.717, 1.165) is 19.3 Å². The summed E-state index contributed by atoms with van der Waals surface area (Å²) in [7, 11) is -4.34. The number of hydrogen-bond donors (Lipinski definition) is 2. The van der Waals surface area contributed by atoms with Crippen LogP contribution in [-0.4, -0.2) is 49.3 Å². The van der Waals surface area contributed by atoms with Crippen LogP contribution in [0.1, 0.15) is 149 Å². The van der Waals surface area contributed by atoms with Crippen molar-refractivity contribution in [3.05, 3.63) is 0 Å². The molecule has 10 heteroatoms. The predicted octanol–water partition coefficient (Wildman–Crippen LogP) is 7.77. The standard InChI is InChI=1S/C30H60NO8P/c1-3-5-7-8-9-10-11-12-13-14-15-16-17-18-19-20-21-23-30(33)39-28(26-36-29(32)22-6-4-2)27-38-40(34,35)37-25-24-31/h28H,3-27,31H2,1-2H3,(H,34,35). The van der Waals surface area contributed by atoms with Crippen molar-refractivity contribution in [2.45, 2.75) is 155 Å². The first-order valence-electron chi connectivity index (χ1n) is 16.0. The number of hydrogen-bond acceptors (Lipinski definition) is 8. The minimum Gasteiger partial charge on any atom is -0.462 e. The highest BCUT2D eigenvalue weighted by Gasteiger charge is 2.25.